The van der Waals surface area contributed by atoms with Gasteiger partial charge in [0, 0.05) is 25.8 Å². The van der Waals surface area contributed by atoms with E-state index in [1.54, 1.807) is 24.4 Å². The minimum absolute atomic E-state index is 0.162. The second-order valence-electron chi connectivity index (χ2n) is 3.84. The number of nitrogens with one attached hydrogen (secondary N) is 1. The van der Waals surface area contributed by atoms with E-state index in [1.807, 2.05) is 6.92 Å². The second-order valence-corrected chi connectivity index (χ2v) is 5.78. The Hall–Kier alpha value is -1.66. The van der Waals surface area contributed by atoms with Crippen molar-refractivity contribution in [2.24, 2.45) is 0 Å². The van der Waals surface area contributed by atoms with Crippen LogP contribution >= 0.6 is 0 Å². The van der Waals surface area contributed by atoms with Gasteiger partial charge in [-0.2, -0.15) is 4.31 Å². The smallest absolute Gasteiger partial charge is 0.245 e. The molecule has 1 aromatic rings. The molecule has 0 spiro atoms. The fraction of sp³-hybridized carbons (Fsp3) is 0.308. The predicted octanol–water partition coefficient (Wildman–Crippen LogP) is 1.88. The van der Waals surface area contributed by atoms with E-state index in [-0.39, 0.29) is 18.0 Å². The average Bonchev–Trinajstić information content (AvgIpc) is 2.39. The van der Waals surface area contributed by atoms with Crippen LogP contribution in [-0.2, 0) is 10.0 Å². The largest absolute Gasteiger partial charge is 0.384 e. The number of aromatic nitrogens is 1. The molecule has 0 atom stereocenters. The zero-order valence-electron chi connectivity index (χ0n) is 11.0. The molecule has 1 aromatic heterocycles. The molecule has 0 aliphatic rings. The lowest BCUT2D eigenvalue weighted by Gasteiger charge is -2.19. The number of anilines is 1. The third-order valence-corrected chi connectivity index (χ3v) is 4.19. The number of nitrogens with zero attached hydrogens (tertiary/aromatic N) is 2. The van der Waals surface area contributed by atoms with Crippen molar-refractivity contribution >= 4 is 15.7 Å². The molecule has 0 aliphatic heterocycles. The predicted molar refractivity (Wildman–Crippen MR) is 77.6 cm³/mol. The van der Waals surface area contributed by atoms with Crippen LogP contribution in [0.1, 0.15) is 6.92 Å². The average molecular weight is 281 g/mol. The Kier molecular flexibility index (Phi) is 5.72. The molecule has 1 rings (SSSR count). The molecule has 0 aliphatic carbocycles. The van der Waals surface area contributed by atoms with Crippen molar-refractivity contribution in [1.29, 1.82) is 0 Å². The van der Waals surface area contributed by atoms with E-state index in [4.69, 9.17) is 0 Å². The normalized spacial score (nSPS) is 11.3. The summed E-state index contributed by atoms with van der Waals surface area (Å²) in [6.45, 7) is 10.2. The molecule has 19 heavy (non-hydrogen) atoms. The number of pyridine rings is 1. The van der Waals surface area contributed by atoms with Crippen LogP contribution in [0.2, 0.25) is 0 Å². The molecule has 0 saturated carbocycles. The van der Waals surface area contributed by atoms with Crippen molar-refractivity contribution in [3.63, 3.8) is 0 Å². The first kappa shape index (κ1) is 15.4. The lowest BCUT2D eigenvalue weighted by Crippen LogP contribution is -2.31. The van der Waals surface area contributed by atoms with Gasteiger partial charge in [0.2, 0.25) is 10.0 Å². The number of rotatable bonds is 8. The van der Waals surface area contributed by atoms with Crippen LogP contribution in [0.15, 0.2) is 48.7 Å². The Morgan fingerprint density at radius 1 is 1.32 bits per heavy atom. The van der Waals surface area contributed by atoms with Gasteiger partial charge in [-0.15, -0.1) is 13.2 Å². The maximum Gasteiger partial charge on any atom is 0.245 e. The van der Waals surface area contributed by atoms with Crippen molar-refractivity contribution in [1.82, 2.24) is 9.29 Å². The summed E-state index contributed by atoms with van der Waals surface area (Å²) < 4.78 is 26.2. The molecular weight excluding hydrogens is 262 g/mol. The third-order valence-electron chi connectivity index (χ3n) is 2.40. The molecule has 0 amide bonds. The van der Waals surface area contributed by atoms with Crippen molar-refractivity contribution in [2.75, 3.05) is 25.0 Å². The van der Waals surface area contributed by atoms with Crippen molar-refractivity contribution in [3.8, 4) is 0 Å². The molecule has 5 nitrogen and oxygen atoms in total. The van der Waals surface area contributed by atoms with Gasteiger partial charge < -0.3 is 5.32 Å². The van der Waals surface area contributed by atoms with Crippen molar-refractivity contribution < 1.29 is 8.42 Å². The van der Waals surface area contributed by atoms with Crippen LogP contribution in [0.25, 0.3) is 0 Å². The summed E-state index contributed by atoms with van der Waals surface area (Å²) in [6, 6.07) is 1.57. The molecule has 0 radical (unpaired) electrons. The summed E-state index contributed by atoms with van der Waals surface area (Å²) in [5.41, 5.74) is 0.681. The highest BCUT2D eigenvalue weighted by Gasteiger charge is 2.22. The van der Waals surface area contributed by atoms with Gasteiger partial charge in [-0.05, 0) is 13.0 Å². The lowest BCUT2D eigenvalue weighted by atomic mass is 10.4. The molecule has 1 heterocycles. The van der Waals surface area contributed by atoms with E-state index in [0.717, 1.165) is 0 Å². The topological polar surface area (TPSA) is 62.3 Å². The maximum atomic E-state index is 12.4. The van der Waals surface area contributed by atoms with E-state index in [9.17, 15) is 8.42 Å². The second kappa shape index (κ2) is 7.06. The van der Waals surface area contributed by atoms with Crippen molar-refractivity contribution in [3.05, 3.63) is 43.8 Å². The van der Waals surface area contributed by atoms with Crippen LogP contribution in [0.5, 0.6) is 0 Å². The van der Waals surface area contributed by atoms with E-state index in [0.29, 0.717) is 12.2 Å². The minimum Gasteiger partial charge on any atom is -0.384 e. The van der Waals surface area contributed by atoms with E-state index >= 15 is 0 Å². The van der Waals surface area contributed by atoms with E-state index in [2.05, 4.69) is 23.5 Å². The molecule has 0 bridgehead atoms. The van der Waals surface area contributed by atoms with Crippen LogP contribution < -0.4 is 5.32 Å². The first-order valence-corrected chi connectivity index (χ1v) is 7.41. The van der Waals surface area contributed by atoms with Gasteiger partial charge in [0.25, 0.3) is 0 Å². The monoisotopic (exact) mass is 281 g/mol. The van der Waals surface area contributed by atoms with Crippen LogP contribution in [-0.4, -0.2) is 37.3 Å². The Labute approximate surface area is 114 Å². The number of hydrogen-bond acceptors (Lipinski definition) is 4. The Morgan fingerprint density at radius 2 is 1.95 bits per heavy atom. The van der Waals surface area contributed by atoms with E-state index < -0.39 is 10.0 Å². The van der Waals surface area contributed by atoms with E-state index in [1.165, 1.54) is 10.5 Å². The summed E-state index contributed by atoms with van der Waals surface area (Å²) in [6.07, 6.45) is 6.02. The summed E-state index contributed by atoms with van der Waals surface area (Å²) in [5, 5.41) is 3.04. The maximum absolute atomic E-state index is 12.4. The molecule has 0 saturated heterocycles. The number of hydrogen-bond donors (Lipinski definition) is 1. The zero-order valence-corrected chi connectivity index (χ0v) is 11.9. The molecule has 6 heteroatoms. The van der Waals surface area contributed by atoms with Gasteiger partial charge in [-0.25, -0.2) is 8.42 Å². The molecule has 0 fully saturated rings. The van der Waals surface area contributed by atoms with Gasteiger partial charge in [0.15, 0.2) is 0 Å². The highest BCUT2D eigenvalue weighted by Crippen LogP contribution is 2.18. The summed E-state index contributed by atoms with van der Waals surface area (Å²) >= 11 is 0. The SMILES string of the molecule is C=CCN(CC=C)S(=O)(=O)c1cncc(NCC)c1. The highest BCUT2D eigenvalue weighted by atomic mass is 32.2. The molecule has 104 valence electrons. The summed E-state index contributed by atoms with van der Waals surface area (Å²) in [7, 11) is -3.58. The van der Waals surface area contributed by atoms with Gasteiger partial charge in [-0.3, -0.25) is 4.98 Å². The Balaban J connectivity index is 3.12. The van der Waals surface area contributed by atoms with Crippen molar-refractivity contribution in [2.45, 2.75) is 11.8 Å². The van der Waals surface area contributed by atoms with Gasteiger partial charge >= 0.3 is 0 Å². The molecular formula is C13H19N3O2S. The van der Waals surface area contributed by atoms with Gasteiger partial charge in [0.1, 0.15) is 4.90 Å². The van der Waals surface area contributed by atoms with Crippen LogP contribution in [0.3, 0.4) is 0 Å². The van der Waals surface area contributed by atoms with Crippen LogP contribution in [0.4, 0.5) is 5.69 Å². The first-order valence-electron chi connectivity index (χ1n) is 5.97. The minimum atomic E-state index is -3.58. The standard InChI is InChI=1S/C13H19N3O2S/c1-4-7-16(8-5-2)19(17,18)13-9-12(15-6-3)10-14-11-13/h4-5,9-11,15H,1-2,6-8H2,3H3. The fourth-order valence-corrected chi connectivity index (χ4v) is 2.94. The third kappa shape index (κ3) is 3.90. The number of sulfonamides is 1. The molecule has 1 N–H and O–H groups in total. The Bertz CT molecular complexity index is 531. The summed E-state index contributed by atoms with van der Waals surface area (Å²) in [5.74, 6) is 0. The Morgan fingerprint density at radius 3 is 2.47 bits per heavy atom. The van der Waals surface area contributed by atoms with Crippen LogP contribution in [0, 0.1) is 0 Å². The lowest BCUT2D eigenvalue weighted by molar-refractivity contribution is 0.474. The quantitative estimate of drug-likeness (QED) is 0.739. The van der Waals surface area contributed by atoms with Gasteiger partial charge in [-0.1, -0.05) is 12.2 Å². The highest BCUT2D eigenvalue weighted by molar-refractivity contribution is 7.89. The van der Waals surface area contributed by atoms with Gasteiger partial charge in [0.05, 0.1) is 11.9 Å². The fourth-order valence-electron chi connectivity index (χ4n) is 1.57. The molecule has 0 aromatic carbocycles. The summed E-state index contributed by atoms with van der Waals surface area (Å²) in [4.78, 5) is 4.11. The molecule has 0 unspecified atom stereocenters. The zero-order chi connectivity index (χ0) is 14.3. The first-order chi connectivity index (χ1) is 9.06.